The average Bonchev–Trinajstić information content (AvgIpc) is 3.60. The molecule has 0 saturated carbocycles. The molecule has 0 unspecified atom stereocenters. The fraction of sp³-hybridized carbons (Fsp3) is 0.111. The van der Waals surface area contributed by atoms with Crippen LogP contribution in [0.4, 0.5) is 11.4 Å². The first-order valence-corrected chi connectivity index (χ1v) is 14.8. The number of allylic oxidation sites excluding steroid dienone is 4. The Kier molecular flexibility index (Phi) is 5.88. The molecule has 11 heteroatoms. The number of aromatic amines is 1. The number of nitrogens with zero attached hydrogens (tertiary/aromatic N) is 3. The number of imide groups is 1. The first-order chi connectivity index (χ1) is 22.6. The fourth-order valence-corrected chi connectivity index (χ4v) is 6.94. The Morgan fingerprint density at radius 2 is 1.43 bits per heavy atom. The van der Waals surface area contributed by atoms with Crippen LogP contribution in [0.1, 0.15) is 76.3 Å². The number of benzene rings is 4. The summed E-state index contributed by atoms with van der Waals surface area (Å²) in [5.41, 5.74) is 2.61. The maximum Gasteiger partial charge on any atom is 0.273 e. The number of amides is 2. The van der Waals surface area contributed by atoms with Gasteiger partial charge in [0.25, 0.3) is 23.1 Å². The third-order valence-electron chi connectivity index (χ3n) is 9.21. The number of nitrogens with one attached hydrogen (secondary N) is 1. The molecule has 4 aromatic carbocycles. The quantitative estimate of drug-likeness (QED) is 0.112. The lowest BCUT2D eigenvalue weighted by Crippen LogP contribution is -2.41. The van der Waals surface area contributed by atoms with Crippen LogP contribution in [0.15, 0.2) is 77.6 Å². The number of hydrogen-bond acceptors (Lipinski definition) is 8. The molecule has 3 aliphatic rings. The van der Waals surface area contributed by atoms with Crippen molar-refractivity contribution in [3.8, 4) is 0 Å². The van der Waals surface area contributed by atoms with E-state index in [1.807, 2.05) is 24.3 Å². The van der Waals surface area contributed by atoms with Crippen LogP contribution < -0.4 is 10.5 Å². The second-order valence-electron chi connectivity index (χ2n) is 11.8. The monoisotopic (exact) mass is 622 g/mol. The van der Waals surface area contributed by atoms with E-state index in [-0.39, 0.29) is 61.0 Å². The van der Waals surface area contributed by atoms with Crippen molar-refractivity contribution >= 4 is 62.0 Å². The Morgan fingerprint density at radius 1 is 0.830 bits per heavy atom. The van der Waals surface area contributed by atoms with Gasteiger partial charge in [-0.1, -0.05) is 30.4 Å². The zero-order valence-corrected chi connectivity index (χ0v) is 24.9. The van der Waals surface area contributed by atoms with Gasteiger partial charge in [0.15, 0.2) is 11.6 Å². The summed E-state index contributed by atoms with van der Waals surface area (Å²) in [6.45, 7) is 3.00. The van der Waals surface area contributed by atoms with E-state index in [0.29, 0.717) is 11.3 Å². The Morgan fingerprint density at radius 3 is 2.00 bits per heavy atom. The molecule has 0 saturated heterocycles. The fourth-order valence-electron chi connectivity index (χ4n) is 6.94. The molecule has 2 aliphatic carbocycles. The lowest BCUT2D eigenvalue weighted by atomic mass is 9.76. The highest BCUT2D eigenvalue weighted by Crippen LogP contribution is 2.42. The summed E-state index contributed by atoms with van der Waals surface area (Å²) in [7, 11) is 0. The summed E-state index contributed by atoms with van der Waals surface area (Å²) in [4.78, 5) is 88.0. The third kappa shape index (κ3) is 3.86. The highest BCUT2D eigenvalue weighted by Gasteiger charge is 2.43. The molecule has 228 valence electrons. The molecular formula is C36H22N4O7. The molecule has 2 heterocycles. The summed E-state index contributed by atoms with van der Waals surface area (Å²) in [6, 6.07) is 14.3. The molecule has 0 radical (unpaired) electrons. The Hall–Kier alpha value is -6.36. The van der Waals surface area contributed by atoms with Gasteiger partial charge in [-0.15, -0.1) is 0 Å². The number of carbonyl (C=O) groups excluding carboxylic acids is 4. The van der Waals surface area contributed by atoms with Crippen LogP contribution in [0.2, 0.25) is 0 Å². The molecule has 8 rings (SSSR count). The Bertz CT molecular complexity index is 2420. The van der Waals surface area contributed by atoms with Gasteiger partial charge in [-0.05, 0) is 73.4 Å². The van der Waals surface area contributed by atoms with Crippen molar-refractivity contribution in [3.05, 3.63) is 138 Å². The predicted molar refractivity (Wildman–Crippen MR) is 173 cm³/mol. The zero-order valence-electron chi connectivity index (χ0n) is 24.9. The number of nitro groups is 1. The summed E-state index contributed by atoms with van der Waals surface area (Å²) >= 11 is 0. The molecule has 1 aromatic heterocycles. The lowest BCUT2D eigenvalue weighted by Gasteiger charge is -2.30. The summed E-state index contributed by atoms with van der Waals surface area (Å²) in [5.74, 6) is -4.18. The minimum absolute atomic E-state index is 0.00114. The second kappa shape index (κ2) is 9.82. The van der Waals surface area contributed by atoms with E-state index in [9.17, 15) is 34.1 Å². The van der Waals surface area contributed by atoms with Crippen LogP contribution in [0.25, 0.3) is 27.2 Å². The van der Waals surface area contributed by atoms with Gasteiger partial charge in [-0.3, -0.25) is 34.1 Å². The van der Waals surface area contributed by atoms with Crippen molar-refractivity contribution < 1.29 is 24.1 Å². The van der Waals surface area contributed by atoms with Crippen molar-refractivity contribution in [1.29, 1.82) is 0 Å². The van der Waals surface area contributed by atoms with E-state index in [2.05, 4.69) is 16.0 Å². The lowest BCUT2D eigenvalue weighted by molar-refractivity contribution is -0.385. The van der Waals surface area contributed by atoms with Crippen LogP contribution in [-0.4, -0.2) is 38.3 Å². The Balaban J connectivity index is 1.23. The molecule has 2 amide bonds. The van der Waals surface area contributed by atoms with Crippen LogP contribution in [0.5, 0.6) is 0 Å². The summed E-state index contributed by atoms with van der Waals surface area (Å²) in [6.07, 6.45) is 6.99. The number of ketones is 2. The molecule has 11 nitrogen and oxygen atoms in total. The summed E-state index contributed by atoms with van der Waals surface area (Å²) in [5, 5.41) is 12.0. The van der Waals surface area contributed by atoms with Gasteiger partial charge < -0.3 is 4.98 Å². The molecule has 0 fully saturated rings. The molecule has 5 aromatic rings. The van der Waals surface area contributed by atoms with Crippen molar-refractivity contribution in [2.75, 3.05) is 4.90 Å². The Labute approximate surface area is 265 Å². The highest BCUT2D eigenvalue weighted by molar-refractivity contribution is 6.40. The van der Waals surface area contributed by atoms with Gasteiger partial charge >= 0.3 is 0 Å². The van der Waals surface area contributed by atoms with Gasteiger partial charge in [0.2, 0.25) is 0 Å². The number of nitro benzene ring substituents is 1. The van der Waals surface area contributed by atoms with Gasteiger partial charge in [0, 0.05) is 44.7 Å². The molecule has 47 heavy (non-hydrogen) atoms. The average molecular weight is 623 g/mol. The topological polar surface area (TPSA) is 160 Å². The van der Waals surface area contributed by atoms with Gasteiger partial charge in [0.05, 0.1) is 21.5 Å². The number of aromatic nitrogens is 2. The molecule has 1 N–H and O–H groups in total. The maximum absolute atomic E-state index is 14.0. The first-order valence-electron chi connectivity index (χ1n) is 14.8. The molecule has 1 aliphatic heterocycles. The number of rotatable bonds is 4. The van der Waals surface area contributed by atoms with Crippen LogP contribution in [-0.2, 0) is 0 Å². The van der Waals surface area contributed by atoms with E-state index >= 15 is 0 Å². The van der Waals surface area contributed by atoms with E-state index in [4.69, 9.17) is 0 Å². The van der Waals surface area contributed by atoms with Crippen molar-refractivity contribution in [2.24, 2.45) is 0 Å². The van der Waals surface area contributed by atoms with E-state index in [0.717, 1.165) is 22.5 Å². The first kappa shape index (κ1) is 28.1. The summed E-state index contributed by atoms with van der Waals surface area (Å²) < 4.78 is 0. The predicted octanol–water partition coefficient (Wildman–Crippen LogP) is 5.91. The number of carbonyl (C=O) groups is 4. The maximum atomic E-state index is 14.0. The second-order valence-corrected chi connectivity index (χ2v) is 11.8. The van der Waals surface area contributed by atoms with Crippen LogP contribution in [0.3, 0.4) is 0 Å². The SMILES string of the molecule is Cc1cc([N+](=O)[O-])c(C)c2c(=O)[nH]c(C3C(=O)c4ccc5c6c(ccc(c46)C3=O)C(=O)N(c3ccc(C4=CCC=C4)cc3)C5=O)nc12. The van der Waals surface area contributed by atoms with E-state index in [1.54, 1.807) is 19.1 Å². The molecular weight excluding hydrogens is 600 g/mol. The molecule has 0 spiro atoms. The largest absolute Gasteiger partial charge is 0.309 e. The minimum Gasteiger partial charge on any atom is -0.309 e. The smallest absolute Gasteiger partial charge is 0.273 e. The van der Waals surface area contributed by atoms with Crippen LogP contribution >= 0.6 is 0 Å². The van der Waals surface area contributed by atoms with Gasteiger partial charge in [0.1, 0.15) is 11.7 Å². The van der Waals surface area contributed by atoms with Gasteiger partial charge in [-0.25, -0.2) is 9.88 Å². The van der Waals surface area contributed by atoms with Crippen molar-refractivity contribution in [2.45, 2.75) is 26.2 Å². The standard InChI is InChI=1S/C36H22N4O7/c1-16-15-25(40(46)47)17(2)26-30(16)37-33(38-34(26)43)29-31(41)21-11-13-23-28-24(14-12-22(27(21)28)32(29)42)36(45)39(35(23)44)20-9-7-19(8-10-20)18-5-3-4-6-18/h3,5-15,29H,4H2,1-2H3,(H,37,38,43). The zero-order chi connectivity index (χ0) is 32.9. The van der Waals surface area contributed by atoms with Gasteiger partial charge in [-0.2, -0.15) is 0 Å². The van der Waals surface area contributed by atoms with Crippen molar-refractivity contribution in [1.82, 2.24) is 9.97 Å². The molecule has 0 atom stereocenters. The number of anilines is 1. The number of aryl methyl sites for hydroxylation is 2. The highest BCUT2D eigenvalue weighted by atomic mass is 16.6. The van der Waals surface area contributed by atoms with Crippen LogP contribution in [0, 0.1) is 24.0 Å². The number of H-pyrrole nitrogens is 1. The number of Topliss-reactive ketones (excluding diaryl/α,β-unsaturated/α-hetero) is 2. The van der Waals surface area contributed by atoms with E-state index in [1.165, 1.54) is 37.3 Å². The molecule has 0 bridgehead atoms. The van der Waals surface area contributed by atoms with Crippen molar-refractivity contribution in [3.63, 3.8) is 0 Å². The number of fused-ring (bicyclic) bond motifs is 1. The number of hydrogen-bond donors (Lipinski definition) is 1. The van der Waals surface area contributed by atoms with E-state index < -0.39 is 39.8 Å². The minimum atomic E-state index is -1.51. The third-order valence-corrected chi connectivity index (χ3v) is 9.21. The normalized spacial score (nSPS) is 15.7.